The quantitative estimate of drug-likeness (QED) is 0.576. The zero-order valence-corrected chi connectivity index (χ0v) is 21.2. The van der Waals surface area contributed by atoms with Crippen molar-refractivity contribution >= 4 is 23.9 Å². The Morgan fingerprint density at radius 3 is 2.53 bits per heavy atom. The van der Waals surface area contributed by atoms with Crippen LogP contribution in [0.1, 0.15) is 51.6 Å². The molecular weight excluding hydrogens is 466 g/mol. The lowest BCUT2D eigenvalue weighted by atomic mass is 10.1. The zero-order valence-electron chi connectivity index (χ0n) is 21.2. The predicted octanol–water partition coefficient (Wildman–Crippen LogP) is 1.53. The van der Waals surface area contributed by atoms with Crippen molar-refractivity contribution in [2.75, 3.05) is 26.7 Å². The van der Waals surface area contributed by atoms with E-state index in [1.54, 1.807) is 25.7 Å². The lowest BCUT2D eigenvalue weighted by molar-refractivity contribution is -0.143. The fourth-order valence-electron chi connectivity index (χ4n) is 5.08. The van der Waals surface area contributed by atoms with Crippen LogP contribution in [0.3, 0.4) is 0 Å². The van der Waals surface area contributed by atoms with Crippen LogP contribution >= 0.6 is 0 Å². The summed E-state index contributed by atoms with van der Waals surface area (Å²) in [6.45, 7) is 5.87. The van der Waals surface area contributed by atoms with Crippen LogP contribution in [0.5, 0.6) is 5.75 Å². The molecule has 0 saturated carbocycles. The second-order valence-corrected chi connectivity index (χ2v) is 10.4. The predicted molar refractivity (Wildman–Crippen MR) is 130 cm³/mol. The molecule has 0 radical (unpaired) electrons. The van der Waals surface area contributed by atoms with Gasteiger partial charge in [-0.3, -0.25) is 9.59 Å². The standard InChI is InChI=1S/C25H35N5O6/c1-25(2,3)36-24(34)28-17-13-29(23(33)26-4)12-11-15-9-10-19(30(15)22(17)32)21(31)27-18-14-35-20-8-6-5-7-16(18)20/h5-8,15,17-19H,9-14H2,1-4H3,(H,26,33)(H,27,31)(H,28,34). The Bertz CT molecular complexity index is 1020. The fourth-order valence-corrected chi connectivity index (χ4v) is 5.08. The van der Waals surface area contributed by atoms with E-state index in [1.165, 1.54) is 11.9 Å². The van der Waals surface area contributed by atoms with Gasteiger partial charge >= 0.3 is 12.1 Å². The van der Waals surface area contributed by atoms with Crippen molar-refractivity contribution in [2.45, 2.75) is 69.8 Å². The molecule has 196 valence electrons. The van der Waals surface area contributed by atoms with Gasteiger partial charge in [-0.05, 0) is 46.1 Å². The number of hydrogen-bond acceptors (Lipinski definition) is 6. The third kappa shape index (κ3) is 5.50. The van der Waals surface area contributed by atoms with E-state index in [-0.39, 0.29) is 30.6 Å². The van der Waals surface area contributed by atoms with Crippen molar-refractivity contribution in [2.24, 2.45) is 0 Å². The first-order chi connectivity index (χ1) is 17.1. The molecule has 0 aromatic heterocycles. The summed E-state index contributed by atoms with van der Waals surface area (Å²) in [6.07, 6.45) is 0.908. The SMILES string of the molecule is CNC(=O)N1CCC2CCC(C(=O)NC3COc4ccccc43)N2C(=O)C(NC(=O)OC(C)(C)C)C1. The van der Waals surface area contributed by atoms with Crippen LogP contribution in [0.2, 0.25) is 0 Å². The molecule has 11 nitrogen and oxygen atoms in total. The van der Waals surface area contributed by atoms with Crippen LogP contribution in [0, 0.1) is 0 Å². The average molecular weight is 502 g/mol. The van der Waals surface area contributed by atoms with Crippen molar-refractivity contribution in [1.82, 2.24) is 25.8 Å². The summed E-state index contributed by atoms with van der Waals surface area (Å²) in [5.74, 6) is 0.0847. The highest BCUT2D eigenvalue weighted by atomic mass is 16.6. The Balaban J connectivity index is 1.53. The van der Waals surface area contributed by atoms with Crippen molar-refractivity contribution in [3.63, 3.8) is 0 Å². The van der Waals surface area contributed by atoms with Crippen LogP contribution in [0.15, 0.2) is 24.3 Å². The van der Waals surface area contributed by atoms with Gasteiger partial charge in [-0.15, -0.1) is 0 Å². The van der Waals surface area contributed by atoms with Gasteiger partial charge in [0.15, 0.2) is 0 Å². The Morgan fingerprint density at radius 2 is 1.81 bits per heavy atom. The molecule has 36 heavy (non-hydrogen) atoms. The maximum absolute atomic E-state index is 13.8. The molecule has 4 rings (SSSR count). The summed E-state index contributed by atoms with van der Waals surface area (Å²) in [5, 5.41) is 8.27. The first-order valence-corrected chi connectivity index (χ1v) is 12.4. The van der Waals surface area contributed by atoms with E-state index < -0.39 is 29.7 Å². The number of hydrogen-bond donors (Lipinski definition) is 3. The number of para-hydroxylation sites is 1. The van der Waals surface area contributed by atoms with Gasteiger partial charge in [0.1, 0.15) is 30.0 Å². The summed E-state index contributed by atoms with van der Waals surface area (Å²) in [5.41, 5.74) is 0.151. The number of urea groups is 1. The number of carbonyl (C=O) groups excluding carboxylic acids is 4. The number of rotatable bonds is 3. The van der Waals surface area contributed by atoms with E-state index in [2.05, 4.69) is 16.0 Å². The summed E-state index contributed by atoms with van der Waals surface area (Å²) in [6, 6.07) is 4.97. The number of nitrogens with one attached hydrogen (secondary N) is 3. The van der Waals surface area contributed by atoms with Gasteiger partial charge in [-0.2, -0.15) is 0 Å². The van der Waals surface area contributed by atoms with Gasteiger partial charge in [0.25, 0.3) is 0 Å². The molecule has 2 saturated heterocycles. The van der Waals surface area contributed by atoms with Gasteiger partial charge in [-0.25, -0.2) is 9.59 Å². The van der Waals surface area contributed by atoms with E-state index in [0.717, 1.165) is 11.3 Å². The number of alkyl carbamates (subject to hydrolysis) is 1. The Morgan fingerprint density at radius 1 is 1.06 bits per heavy atom. The minimum Gasteiger partial charge on any atom is -0.491 e. The molecule has 11 heteroatoms. The highest BCUT2D eigenvalue weighted by Gasteiger charge is 2.46. The van der Waals surface area contributed by atoms with Crippen LogP contribution < -0.4 is 20.7 Å². The van der Waals surface area contributed by atoms with E-state index in [0.29, 0.717) is 32.4 Å². The third-order valence-corrected chi connectivity index (χ3v) is 6.70. The lowest BCUT2D eigenvalue weighted by Crippen LogP contribution is -2.62. The second-order valence-electron chi connectivity index (χ2n) is 10.4. The van der Waals surface area contributed by atoms with Gasteiger partial charge in [0, 0.05) is 25.2 Å². The molecule has 3 aliphatic heterocycles. The van der Waals surface area contributed by atoms with Crippen LogP contribution in [0.4, 0.5) is 9.59 Å². The molecule has 4 unspecified atom stereocenters. The van der Waals surface area contributed by atoms with E-state index in [9.17, 15) is 19.2 Å². The minimum absolute atomic E-state index is 0.0286. The molecule has 1 aromatic rings. The number of benzene rings is 1. The van der Waals surface area contributed by atoms with Crippen molar-refractivity contribution in [3.05, 3.63) is 29.8 Å². The molecule has 3 N–H and O–H groups in total. The maximum Gasteiger partial charge on any atom is 0.408 e. The molecular formula is C25H35N5O6. The molecule has 4 atom stereocenters. The highest BCUT2D eigenvalue weighted by molar-refractivity contribution is 5.93. The van der Waals surface area contributed by atoms with E-state index in [1.807, 2.05) is 24.3 Å². The molecule has 0 bridgehead atoms. The number of carbonyl (C=O) groups is 4. The zero-order chi connectivity index (χ0) is 26.0. The maximum atomic E-state index is 13.8. The smallest absolute Gasteiger partial charge is 0.408 e. The summed E-state index contributed by atoms with van der Waals surface area (Å²) in [7, 11) is 1.52. The molecule has 5 amide bonds. The van der Waals surface area contributed by atoms with Gasteiger partial charge < -0.3 is 35.2 Å². The monoisotopic (exact) mass is 501 g/mol. The van der Waals surface area contributed by atoms with Crippen molar-refractivity contribution < 1.29 is 28.7 Å². The summed E-state index contributed by atoms with van der Waals surface area (Å²) in [4.78, 5) is 55.3. The van der Waals surface area contributed by atoms with Crippen molar-refractivity contribution in [3.8, 4) is 5.75 Å². The second kappa shape index (κ2) is 10.2. The summed E-state index contributed by atoms with van der Waals surface area (Å²) >= 11 is 0. The van der Waals surface area contributed by atoms with E-state index in [4.69, 9.17) is 9.47 Å². The Hall–Kier alpha value is -3.50. The molecule has 0 spiro atoms. The Labute approximate surface area is 210 Å². The number of amides is 5. The van der Waals surface area contributed by atoms with E-state index >= 15 is 0 Å². The summed E-state index contributed by atoms with van der Waals surface area (Å²) < 4.78 is 11.0. The first-order valence-electron chi connectivity index (χ1n) is 12.4. The van der Waals surface area contributed by atoms with Gasteiger partial charge in [-0.1, -0.05) is 18.2 Å². The van der Waals surface area contributed by atoms with Gasteiger partial charge in [0.2, 0.25) is 11.8 Å². The molecule has 1 aromatic carbocycles. The first kappa shape index (κ1) is 25.6. The van der Waals surface area contributed by atoms with Gasteiger partial charge in [0.05, 0.1) is 12.6 Å². The number of ether oxygens (including phenoxy) is 2. The highest BCUT2D eigenvalue weighted by Crippen LogP contribution is 2.34. The van der Waals surface area contributed by atoms with Crippen LogP contribution in [0.25, 0.3) is 0 Å². The number of fused-ring (bicyclic) bond motifs is 2. The Kier molecular flexibility index (Phi) is 7.28. The van der Waals surface area contributed by atoms with Crippen molar-refractivity contribution in [1.29, 1.82) is 0 Å². The van der Waals surface area contributed by atoms with Crippen LogP contribution in [-0.4, -0.2) is 84.2 Å². The topological polar surface area (TPSA) is 129 Å². The molecule has 2 fully saturated rings. The van der Waals surface area contributed by atoms with Crippen LogP contribution in [-0.2, 0) is 14.3 Å². The fraction of sp³-hybridized carbons (Fsp3) is 0.600. The average Bonchev–Trinajstić information content (AvgIpc) is 3.42. The molecule has 3 aliphatic rings. The largest absolute Gasteiger partial charge is 0.491 e. The molecule has 0 aliphatic carbocycles. The number of nitrogens with zero attached hydrogens (tertiary/aromatic N) is 2. The minimum atomic E-state index is -1.05. The molecule has 3 heterocycles. The third-order valence-electron chi connectivity index (χ3n) is 6.70. The normalized spacial score (nSPS) is 25.6. The lowest BCUT2D eigenvalue weighted by Gasteiger charge is -2.38.